The number of nitrogens with zero attached hydrogens (tertiary/aromatic N) is 1. The number of carboxylic acids is 1. The SMILES string of the molecule is O=C(O)COC1CCN(Cc2ccccc2F)CC1. The topological polar surface area (TPSA) is 49.8 Å². The number of halogens is 1. The summed E-state index contributed by atoms with van der Waals surface area (Å²) in [5.74, 6) is -1.11. The molecule has 1 saturated heterocycles. The van der Waals surface area contributed by atoms with Crippen LogP contribution in [0.3, 0.4) is 0 Å². The molecule has 0 aliphatic carbocycles. The molecule has 0 bridgehead atoms. The number of likely N-dealkylation sites (tertiary alicyclic amines) is 1. The first-order valence-corrected chi connectivity index (χ1v) is 6.44. The minimum atomic E-state index is -0.936. The van der Waals surface area contributed by atoms with Crippen molar-refractivity contribution in [3.63, 3.8) is 0 Å². The average Bonchev–Trinajstić information content (AvgIpc) is 2.40. The van der Waals surface area contributed by atoms with Gasteiger partial charge in [0, 0.05) is 25.2 Å². The molecule has 1 aliphatic heterocycles. The number of hydrogen-bond donors (Lipinski definition) is 1. The van der Waals surface area contributed by atoms with Crippen molar-refractivity contribution in [3.8, 4) is 0 Å². The van der Waals surface area contributed by atoms with Crippen LogP contribution in [0.4, 0.5) is 4.39 Å². The lowest BCUT2D eigenvalue weighted by Gasteiger charge is -2.31. The largest absolute Gasteiger partial charge is 0.480 e. The van der Waals surface area contributed by atoms with Crippen molar-refractivity contribution < 1.29 is 19.0 Å². The Bertz CT molecular complexity index is 430. The lowest BCUT2D eigenvalue weighted by Crippen LogP contribution is -2.37. The molecule has 0 amide bonds. The third kappa shape index (κ3) is 4.29. The molecule has 5 heteroatoms. The maximum atomic E-state index is 13.5. The van der Waals surface area contributed by atoms with Crippen LogP contribution in [0.15, 0.2) is 24.3 Å². The molecule has 0 aromatic heterocycles. The molecule has 2 rings (SSSR count). The van der Waals surface area contributed by atoms with Crippen molar-refractivity contribution in [2.75, 3.05) is 19.7 Å². The highest BCUT2D eigenvalue weighted by Crippen LogP contribution is 2.17. The highest BCUT2D eigenvalue weighted by atomic mass is 19.1. The zero-order valence-corrected chi connectivity index (χ0v) is 10.7. The van der Waals surface area contributed by atoms with Crippen molar-refractivity contribution in [3.05, 3.63) is 35.6 Å². The molecule has 1 N–H and O–H groups in total. The van der Waals surface area contributed by atoms with E-state index >= 15 is 0 Å². The molecule has 19 heavy (non-hydrogen) atoms. The van der Waals surface area contributed by atoms with Gasteiger partial charge in [0.15, 0.2) is 0 Å². The number of benzene rings is 1. The molecule has 0 saturated carbocycles. The number of rotatable bonds is 5. The Kier molecular flexibility index (Phi) is 4.87. The Morgan fingerprint density at radius 3 is 2.68 bits per heavy atom. The Labute approximate surface area is 111 Å². The van der Waals surface area contributed by atoms with Gasteiger partial charge in [-0.3, -0.25) is 4.90 Å². The molecule has 0 atom stereocenters. The minimum absolute atomic E-state index is 0.00738. The molecular formula is C14H18FNO3. The summed E-state index contributed by atoms with van der Waals surface area (Å²) in [6.07, 6.45) is 1.59. The minimum Gasteiger partial charge on any atom is -0.480 e. The number of aliphatic carboxylic acids is 1. The fourth-order valence-corrected chi connectivity index (χ4v) is 2.29. The standard InChI is InChI=1S/C14H18FNO3/c15-13-4-2-1-3-11(13)9-16-7-5-12(6-8-16)19-10-14(17)18/h1-4,12H,5-10H2,(H,17,18). The van der Waals surface area contributed by atoms with Gasteiger partial charge in [-0.1, -0.05) is 18.2 Å². The van der Waals surface area contributed by atoms with Crippen molar-refractivity contribution in [1.29, 1.82) is 0 Å². The zero-order chi connectivity index (χ0) is 13.7. The normalized spacial score (nSPS) is 17.5. The molecule has 104 valence electrons. The first kappa shape index (κ1) is 14.0. The van der Waals surface area contributed by atoms with E-state index in [1.54, 1.807) is 12.1 Å². The molecule has 0 unspecified atom stereocenters. The number of carbonyl (C=O) groups is 1. The van der Waals surface area contributed by atoms with E-state index < -0.39 is 5.97 Å². The molecule has 1 aromatic rings. The monoisotopic (exact) mass is 267 g/mol. The summed E-state index contributed by atoms with van der Waals surface area (Å²) in [5, 5.41) is 8.54. The number of ether oxygens (including phenoxy) is 1. The first-order chi connectivity index (χ1) is 9.15. The van der Waals surface area contributed by atoms with E-state index in [2.05, 4.69) is 4.90 Å². The number of piperidine rings is 1. The van der Waals surface area contributed by atoms with Gasteiger partial charge >= 0.3 is 5.97 Å². The molecular weight excluding hydrogens is 249 g/mol. The third-order valence-corrected chi connectivity index (χ3v) is 3.33. The van der Waals surface area contributed by atoms with Gasteiger partial charge in [-0.15, -0.1) is 0 Å². The maximum absolute atomic E-state index is 13.5. The van der Waals surface area contributed by atoms with E-state index in [-0.39, 0.29) is 18.5 Å². The maximum Gasteiger partial charge on any atom is 0.329 e. The van der Waals surface area contributed by atoms with Gasteiger partial charge < -0.3 is 9.84 Å². The lowest BCUT2D eigenvalue weighted by molar-refractivity contribution is -0.145. The van der Waals surface area contributed by atoms with Gasteiger partial charge in [-0.05, 0) is 18.9 Å². The molecule has 1 heterocycles. The number of hydrogen-bond acceptors (Lipinski definition) is 3. The average molecular weight is 267 g/mol. The molecule has 1 aromatic carbocycles. The fourth-order valence-electron chi connectivity index (χ4n) is 2.29. The Hall–Kier alpha value is -1.46. The lowest BCUT2D eigenvalue weighted by atomic mass is 10.1. The highest BCUT2D eigenvalue weighted by Gasteiger charge is 2.20. The predicted octanol–water partition coefficient (Wildman–Crippen LogP) is 1.89. The van der Waals surface area contributed by atoms with Crippen molar-refractivity contribution in [1.82, 2.24) is 4.90 Å². The third-order valence-electron chi connectivity index (χ3n) is 3.33. The fraction of sp³-hybridized carbons (Fsp3) is 0.500. The van der Waals surface area contributed by atoms with Gasteiger partial charge in [-0.25, -0.2) is 9.18 Å². The molecule has 0 spiro atoms. The summed E-state index contributed by atoms with van der Waals surface area (Å²) in [5.41, 5.74) is 0.701. The summed E-state index contributed by atoms with van der Waals surface area (Å²) in [6, 6.07) is 6.78. The van der Waals surface area contributed by atoms with Crippen LogP contribution in [-0.4, -0.2) is 41.8 Å². The van der Waals surface area contributed by atoms with E-state index in [0.29, 0.717) is 12.1 Å². The van der Waals surface area contributed by atoms with Crippen LogP contribution in [0.2, 0.25) is 0 Å². The second-order valence-corrected chi connectivity index (χ2v) is 4.77. The van der Waals surface area contributed by atoms with E-state index in [0.717, 1.165) is 25.9 Å². The Morgan fingerprint density at radius 2 is 2.05 bits per heavy atom. The van der Waals surface area contributed by atoms with Crippen LogP contribution in [0.1, 0.15) is 18.4 Å². The van der Waals surface area contributed by atoms with Gasteiger partial charge in [0.2, 0.25) is 0 Å². The quantitative estimate of drug-likeness (QED) is 0.885. The Morgan fingerprint density at radius 1 is 1.37 bits per heavy atom. The second kappa shape index (κ2) is 6.63. The van der Waals surface area contributed by atoms with Crippen LogP contribution in [0.5, 0.6) is 0 Å². The summed E-state index contributed by atoms with van der Waals surface area (Å²) < 4.78 is 18.8. The van der Waals surface area contributed by atoms with Crippen molar-refractivity contribution in [2.45, 2.75) is 25.5 Å². The first-order valence-electron chi connectivity index (χ1n) is 6.44. The van der Waals surface area contributed by atoms with Crippen LogP contribution >= 0.6 is 0 Å². The van der Waals surface area contributed by atoms with E-state index in [4.69, 9.17) is 9.84 Å². The van der Waals surface area contributed by atoms with Gasteiger partial charge in [0.1, 0.15) is 12.4 Å². The summed E-state index contributed by atoms with van der Waals surface area (Å²) in [6.45, 7) is 1.97. The molecule has 0 radical (unpaired) electrons. The van der Waals surface area contributed by atoms with E-state index in [9.17, 15) is 9.18 Å². The summed E-state index contributed by atoms with van der Waals surface area (Å²) >= 11 is 0. The van der Waals surface area contributed by atoms with E-state index in [1.165, 1.54) is 6.07 Å². The van der Waals surface area contributed by atoms with Gasteiger partial charge in [0.25, 0.3) is 0 Å². The van der Waals surface area contributed by atoms with E-state index in [1.807, 2.05) is 6.07 Å². The number of carboxylic acid groups (broad SMARTS) is 1. The molecule has 1 fully saturated rings. The van der Waals surface area contributed by atoms with Crippen molar-refractivity contribution in [2.24, 2.45) is 0 Å². The van der Waals surface area contributed by atoms with Crippen LogP contribution < -0.4 is 0 Å². The van der Waals surface area contributed by atoms with Crippen LogP contribution in [0.25, 0.3) is 0 Å². The Balaban J connectivity index is 1.77. The summed E-state index contributed by atoms with van der Waals surface area (Å²) in [4.78, 5) is 12.6. The zero-order valence-electron chi connectivity index (χ0n) is 10.7. The predicted molar refractivity (Wildman–Crippen MR) is 68.3 cm³/mol. The van der Waals surface area contributed by atoms with Crippen molar-refractivity contribution >= 4 is 5.97 Å². The van der Waals surface area contributed by atoms with Crippen LogP contribution in [-0.2, 0) is 16.1 Å². The molecule has 1 aliphatic rings. The summed E-state index contributed by atoms with van der Waals surface area (Å²) in [7, 11) is 0. The van der Waals surface area contributed by atoms with Gasteiger partial charge in [-0.2, -0.15) is 0 Å². The molecule has 4 nitrogen and oxygen atoms in total. The second-order valence-electron chi connectivity index (χ2n) is 4.77. The smallest absolute Gasteiger partial charge is 0.329 e. The highest BCUT2D eigenvalue weighted by molar-refractivity contribution is 5.68. The van der Waals surface area contributed by atoms with Crippen LogP contribution in [0, 0.1) is 5.82 Å². The van der Waals surface area contributed by atoms with Gasteiger partial charge in [0.05, 0.1) is 6.10 Å².